The van der Waals surface area contributed by atoms with Crippen LogP contribution in [-0.2, 0) is 9.53 Å². The highest BCUT2D eigenvalue weighted by Gasteiger charge is 2.37. The number of aliphatic hydroxyl groups is 2. The molecule has 4 heteroatoms. The Hall–Kier alpha value is -0.610. The van der Waals surface area contributed by atoms with Gasteiger partial charge >= 0.3 is 5.97 Å². The normalized spacial score (nSPS) is 32.7. The molecule has 2 aliphatic carbocycles. The molecule has 0 aromatic carbocycles. The highest BCUT2D eigenvalue weighted by atomic mass is 16.6. The molecule has 3 rings (SSSR count). The van der Waals surface area contributed by atoms with E-state index in [0.29, 0.717) is 12.8 Å². The minimum atomic E-state index is -1.32. The van der Waals surface area contributed by atoms with E-state index in [9.17, 15) is 4.79 Å². The van der Waals surface area contributed by atoms with E-state index in [1.165, 1.54) is 6.42 Å². The quantitative estimate of drug-likeness (QED) is 0.517. The Morgan fingerprint density at radius 1 is 1.06 bits per heavy atom. The van der Waals surface area contributed by atoms with Crippen LogP contribution in [0.3, 0.4) is 0 Å². The van der Waals surface area contributed by atoms with Crippen molar-refractivity contribution in [3.63, 3.8) is 0 Å². The first kappa shape index (κ1) is 15.4. The molecule has 0 radical (unpaired) electrons. The van der Waals surface area contributed by atoms with Gasteiger partial charge in [-0.1, -0.05) is 13.8 Å². The van der Waals surface area contributed by atoms with E-state index < -0.39 is 5.79 Å². The Morgan fingerprint density at radius 2 is 1.72 bits per heavy atom. The third-order valence-corrected chi connectivity index (χ3v) is 3.90. The number of hydrogen-bond donors (Lipinski definition) is 2. The van der Waals surface area contributed by atoms with E-state index in [1.807, 2.05) is 0 Å². The number of rotatable bonds is 0. The van der Waals surface area contributed by atoms with Crippen molar-refractivity contribution >= 4 is 5.97 Å². The smallest absolute Gasteiger partial charge is 0.309 e. The first-order valence-electron chi connectivity index (χ1n) is 6.72. The summed E-state index contributed by atoms with van der Waals surface area (Å²) in [5.41, 5.74) is 0. The van der Waals surface area contributed by atoms with E-state index in [1.54, 1.807) is 0 Å². The maximum absolute atomic E-state index is 10.8. The molecule has 1 heterocycles. The lowest BCUT2D eigenvalue weighted by Crippen LogP contribution is -2.30. The number of carbonyl (C=O) groups is 1. The molecule has 0 amide bonds. The van der Waals surface area contributed by atoms with Crippen molar-refractivity contribution in [2.75, 3.05) is 0 Å². The molecule has 3 aliphatic rings. The second-order valence-electron chi connectivity index (χ2n) is 5.47. The monoisotopic (exact) mass is 258 g/mol. The summed E-state index contributed by atoms with van der Waals surface area (Å²) in [6, 6.07) is 0. The largest absolute Gasteiger partial charge is 0.462 e. The minimum Gasteiger partial charge on any atom is -0.462 e. The first-order valence-corrected chi connectivity index (χ1v) is 6.72. The molecule has 2 N–H and O–H groups in total. The van der Waals surface area contributed by atoms with Crippen LogP contribution < -0.4 is 0 Å². The highest BCUT2D eigenvalue weighted by molar-refractivity contribution is 5.74. The Kier molecular flexibility index (Phi) is 5.60. The second kappa shape index (κ2) is 6.53. The Bertz CT molecular complexity index is 267. The number of esters is 1. The summed E-state index contributed by atoms with van der Waals surface area (Å²) < 4.78 is 5.05. The van der Waals surface area contributed by atoms with Gasteiger partial charge in [-0.15, -0.1) is 0 Å². The molecule has 1 saturated heterocycles. The number of fused-ring (bicyclic) bond motifs is 2. The van der Waals surface area contributed by atoms with E-state index in [0.717, 1.165) is 38.5 Å². The van der Waals surface area contributed by atoms with Crippen molar-refractivity contribution in [2.24, 2.45) is 5.92 Å². The van der Waals surface area contributed by atoms with Gasteiger partial charge in [0, 0.05) is 12.8 Å². The van der Waals surface area contributed by atoms with Gasteiger partial charge in [-0.3, -0.25) is 4.79 Å². The SMILES string of the molecule is C.O=C1O[C@H]2CCCC1C2.OC1(O)CCCCC1. The first-order chi connectivity index (χ1) is 8.07. The molecule has 4 nitrogen and oxygen atoms in total. The molecule has 2 saturated carbocycles. The third kappa shape index (κ3) is 4.25. The summed E-state index contributed by atoms with van der Waals surface area (Å²) in [6.07, 6.45) is 8.84. The predicted molar refractivity (Wildman–Crippen MR) is 68.8 cm³/mol. The van der Waals surface area contributed by atoms with Gasteiger partial charge in [0.05, 0.1) is 5.92 Å². The molecule has 0 aromatic heterocycles. The summed E-state index contributed by atoms with van der Waals surface area (Å²) >= 11 is 0. The maximum atomic E-state index is 10.8. The Labute approximate surface area is 109 Å². The highest BCUT2D eigenvalue weighted by Crippen LogP contribution is 2.33. The third-order valence-electron chi connectivity index (χ3n) is 3.90. The molecular weight excluding hydrogens is 232 g/mol. The van der Waals surface area contributed by atoms with Crippen molar-refractivity contribution in [3.8, 4) is 0 Å². The van der Waals surface area contributed by atoms with Gasteiger partial charge in [0.1, 0.15) is 6.10 Å². The van der Waals surface area contributed by atoms with Crippen LogP contribution in [0.1, 0.15) is 65.2 Å². The average molecular weight is 258 g/mol. The Morgan fingerprint density at radius 3 is 2.17 bits per heavy atom. The van der Waals surface area contributed by atoms with Crippen molar-refractivity contribution in [1.82, 2.24) is 0 Å². The molecule has 18 heavy (non-hydrogen) atoms. The summed E-state index contributed by atoms with van der Waals surface area (Å²) in [5.74, 6) is -1.00. The summed E-state index contributed by atoms with van der Waals surface area (Å²) in [6.45, 7) is 0. The molecule has 106 valence electrons. The molecule has 3 fully saturated rings. The molecular formula is C14H26O4. The topological polar surface area (TPSA) is 66.8 Å². The van der Waals surface area contributed by atoms with Gasteiger partial charge in [0.2, 0.25) is 0 Å². The standard InChI is InChI=1S/C7H10O2.C6H12O2.CH4/c8-7-5-2-1-3-6(4-5)9-7;7-6(8)4-2-1-3-5-6;/h5-6H,1-4H2;7-8H,1-5H2;1H4/t5?,6-;;/m0../s1. The maximum Gasteiger partial charge on any atom is 0.309 e. The van der Waals surface area contributed by atoms with E-state index in [4.69, 9.17) is 14.9 Å². The summed E-state index contributed by atoms with van der Waals surface area (Å²) in [4.78, 5) is 10.8. The molecule has 1 unspecified atom stereocenters. The van der Waals surface area contributed by atoms with Crippen LogP contribution >= 0.6 is 0 Å². The van der Waals surface area contributed by atoms with E-state index in [2.05, 4.69) is 0 Å². The van der Waals surface area contributed by atoms with Crippen LogP contribution in [0.15, 0.2) is 0 Å². The lowest BCUT2D eigenvalue weighted by molar-refractivity contribution is -0.180. The lowest BCUT2D eigenvalue weighted by Gasteiger charge is -2.25. The van der Waals surface area contributed by atoms with Gasteiger partial charge in [0.15, 0.2) is 5.79 Å². The lowest BCUT2D eigenvalue weighted by atomic mass is 9.90. The fourth-order valence-corrected chi connectivity index (χ4v) is 2.84. The Balaban J connectivity index is 0.000000172. The second-order valence-corrected chi connectivity index (χ2v) is 5.47. The average Bonchev–Trinajstić information content (AvgIpc) is 2.53. The van der Waals surface area contributed by atoms with Crippen molar-refractivity contribution in [3.05, 3.63) is 0 Å². The van der Waals surface area contributed by atoms with Crippen LogP contribution in [-0.4, -0.2) is 28.1 Å². The zero-order chi connectivity index (χ0) is 12.3. The molecule has 1 aliphatic heterocycles. The van der Waals surface area contributed by atoms with Crippen LogP contribution in [0, 0.1) is 5.92 Å². The van der Waals surface area contributed by atoms with Crippen molar-refractivity contribution in [1.29, 1.82) is 0 Å². The molecule has 2 atom stereocenters. The predicted octanol–water partition coefficient (Wildman–Crippen LogP) is 2.37. The van der Waals surface area contributed by atoms with Crippen molar-refractivity contribution < 1.29 is 19.7 Å². The minimum absolute atomic E-state index is 0. The van der Waals surface area contributed by atoms with E-state index in [-0.39, 0.29) is 25.4 Å². The van der Waals surface area contributed by atoms with E-state index >= 15 is 0 Å². The number of carbonyl (C=O) groups excluding carboxylic acids is 1. The molecule has 0 spiro atoms. The zero-order valence-electron chi connectivity index (χ0n) is 10.2. The van der Waals surface area contributed by atoms with Gasteiger partial charge < -0.3 is 14.9 Å². The summed E-state index contributed by atoms with van der Waals surface area (Å²) in [7, 11) is 0. The van der Waals surface area contributed by atoms with Crippen molar-refractivity contribution in [2.45, 2.75) is 77.1 Å². The van der Waals surface area contributed by atoms with Gasteiger partial charge in [-0.05, 0) is 38.5 Å². The number of hydrogen-bond acceptors (Lipinski definition) is 4. The van der Waals surface area contributed by atoms with Crippen LogP contribution in [0.5, 0.6) is 0 Å². The summed E-state index contributed by atoms with van der Waals surface area (Å²) in [5, 5.41) is 17.9. The molecule has 2 bridgehead atoms. The molecule has 0 aromatic rings. The zero-order valence-corrected chi connectivity index (χ0v) is 10.2. The fraction of sp³-hybridized carbons (Fsp3) is 0.929. The van der Waals surface area contributed by atoms with Crippen LogP contribution in [0.25, 0.3) is 0 Å². The van der Waals surface area contributed by atoms with Gasteiger partial charge in [-0.25, -0.2) is 0 Å². The van der Waals surface area contributed by atoms with Crippen LogP contribution in [0.4, 0.5) is 0 Å². The number of ether oxygens (including phenoxy) is 1. The van der Waals surface area contributed by atoms with Gasteiger partial charge in [0.25, 0.3) is 0 Å². The van der Waals surface area contributed by atoms with Crippen LogP contribution in [0.2, 0.25) is 0 Å². The van der Waals surface area contributed by atoms with Gasteiger partial charge in [-0.2, -0.15) is 0 Å². The fourth-order valence-electron chi connectivity index (χ4n) is 2.84.